The highest BCUT2D eigenvalue weighted by atomic mass is 35.5. The Balaban J connectivity index is 1.84. The van der Waals surface area contributed by atoms with E-state index in [1.165, 1.54) is 7.05 Å². The highest BCUT2D eigenvalue weighted by Gasteiger charge is 2.39. The van der Waals surface area contributed by atoms with E-state index >= 15 is 0 Å². The van der Waals surface area contributed by atoms with E-state index in [1.54, 1.807) is 24.3 Å². The van der Waals surface area contributed by atoms with Crippen molar-refractivity contribution in [2.75, 3.05) is 20.2 Å². The molecular weight excluding hydrogens is 407 g/mol. The van der Waals surface area contributed by atoms with Gasteiger partial charge in [-0.1, -0.05) is 23.7 Å². The van der Waals surface area contributed by atoms with E-state index in [-0.39, 0.29) is 18.2 Å². The normalized spacial score (nSPS) is 17.2. The Labute approximate surface area is 159 Å². The predicted octanol–water partition coefficient (Wildman–Crippen LogP) is 3.82. The number of hydrogen-bond donors (Lipinski definition) is 0. The van der Waals surface area contributed by atoms with E-state index in [0.29, 0.717) is 17.6 Å². The molecule has 0 aliphatic carbocycles. The first-order chi connectivity index (χ1) is 12.6. The second kappa shape index (κ2) is 7.21. The van der Waals surface area contributed by atoms with Crippen LogP contribution in [0.3, 0.4) is 0 Å². The lowest BCUT2D eigenvalue weighted by Gasteiger charge is -2.29. The second-order valence-electron chi connectivity index (χ2n) is 5.92. The van der Waals surface area contributed by atoms with Crippen LogP contribution in [0, 0.1) is 0 Å². The average molecular weight is 422 g/mol. The Morgan fingerprint density at radius 1 is 1.19 bits per heavy atom. The molecule has 1 heterocycles. The van der Waals surface area contributed by atoms with Gasteiger partial charge in [-0.25, -0.2) is 8.42 Å². The third kappa shape index (κ3) is 4.15. The van der Waals surface area contributed by atoms with Gasteiger partial charge in [0.2, 0.25) is 10.0 Å². The van der Waals surface area contributed by atoms with Gasteiger partial charge in [-0.15, -0.1) is 0 Å². The van der Waals surface area contributed by atoms with Crippen molar-refractivity contribution in [1.29, 1.82) is 0 Å². The van der Waals surface area contributed by atoms with Crippen molar-refractivity contribution < 1.29 is 31.1 Å². The molecule has 10 heteroatoms. The Morgan fingerprint density at radius 3 is 2.52 bits per heavy atom. The lowest BCUT2D eigenvalue weighted by molar-refractivity contribution is -0.139. The van der Waals surface area contributed by atoms with Gasteiger partial charge in [-0.2, -0.15) is 17.5 Å². The maximum absolute atomic E-state index is 13.3. The zero-order valence-electron chi connectivity index (χ0n) is 14.0. The van der Waals surface area contributed by atoms with Crippen molar-refractivity contribution in [1.82, 2.24) is 4.31 Å². The summed E-state index contributed by atoms with van der Waals surface area (Å²) in [6.07, 6.45) is -5.53. The van der Waals surface area contributed by atoms with Gasteiger partial charge in [0.15, 0.2) is 11.5 Å². The molecule has 1 atom stereocenters. The van der Waals surface area contributed by atoms with Gasteiger partial charge in [0.25, 0.3) is 0 Å². The molecule has 0 saturated carbocycles. The fraction of sp³-hybridized carbons (Fsp3) is 0.294. The number of fused-ring (bicyclic) bond motifs is 1. The van der Waals surface area contributed by atoms with Crippen molar-refractivity contribution in [3.8, 4) is 11.5 Å². The largest absolute Gasteiger partial charge is 0.486 e. The van der Waals surface area contributed by atoms with Crippen LogP contribution in [0.25, 0.3) is 0 Å². The van der Waals surface area contributed by atoms with Gasteiger partial charge < -0.3 is 9.47 Å². The van der Waals surface area contributed by atoms with Crippen molar-refractivity contribution in [3.63, 3.8) is 0 Å². The van der Waals surface area contributed by atoms with Crippen LogP contribution in [-0.2, 0) is 16.2 Å². The summed E-state index contributed by atoms with van der Waals surface area (Å²) in [5.74, 6) is 0.971. The van der Waals surface area contributed by atoms with E-state index in [2.05, 4.69) is 0 Å². The molecule has 0 radical (unpaired) electrons. The smallest absolute Gasteiger partial charge is 0.417 e. The molecule has 1 aliphatic rings. The number of alkyl halides is 3. The average Bonchev–Trinajstić information content (AvgIpc) is 2.60. The van der Waals surface area contributed by atoms with E-state index in [1.807, 2.05) is 0 Å². The van der Waals surface area contributed by atoms with Gasteiger partial charge in [0.1, 0.15) is 12.7 Å². The van der Waals surface area contributed by atoms with Crippen LogP contribution in [0.2, 0.25) is 5.02 Å². The van der Waals surface area contributed by atoms with Gasteiger partial charge in [-0.05, 0) is 30.3 Å². The fourth-order valence-corrected chi connectivity index (χ4v) is 4.22. The number of halogens is 4. The van der Waals surface area contributed by atoms with Gasteiger partial charge in [-0.3, -0.25) is 0 Å². The maximum atomic E-state index is 13.3. The monoisotopic (exact) mass is 421 g/mol. The quantitative estimate of drug-likeness (QED) is 0.753. The number of benzene rings is 2. The molecule has 0 saturated heterocycles. The molecule has 0 unspecified atom stereocenters. The zero-order chi connectivity index (χ0) is 19.8. The number of rotatable bonds is 4. The summed E-state index contributed by atoms with van der Waals surface area (Å²) in [5.41, 5.74) is -1.31. The minimum Gasteiger partial charge on any atom is -0.486 e. The molecule has 3 rings (SSSR count). The summed E-state index contributed by atoms with van der Waals surface area (Å²) in [7, 11) is -3.24. The van der Waals surface area contributed by atoms with E-state index < -0.39 is 32.8 Å². The van der Waals surface area contributed by atoms with Gasteiger partial charge in [0, 0.05) is 12.1 Å². The third-order valence-corrected chi connectivity index (χ3v) is 6.08. The van der Waals surface area contributed by atoms with Crippen molar-refractivity contribution in [3.05, 3.63) is 53.1 Å². The van der Waals surface area contributed by atoms with Crippen LogP contribution in [0.5, 0.6) is 11.5 Å². The van der Waals surface area contributed by atoms with E-state index in [9.17, 15) is 21.6 Å². The minimum atomic E-state index is -4.86. The number of likely N-dealkylation sites (N-methyl/N-ethyl adjacent to an activating group) is 1. The molecule has 146 valence electrons. The molecule has 2 aromatic rings. The molecular formula is C17H15ClF3NO4S. The Kier molecular flexibility index (Phi) is 5.29. The van der Waals surface area contributed by atoms with Crippen LogP contribution in [-0.4, -0.2) is 39.0 Å². The Bertz CT molecular complexity index is 949. The fourth-order valence-electron chi connectivity index (χ4n) is 2.65. The molecule has 0 aromatic heterocycles. The maximum Gasteiger partial charge on any atom is 0.417 e. The first-order valence-corrected chi connectivity index (χ1v) is 9.62. The molecule has 0 fully saturated rings. The van der Waals surface area contributed by atoms with E-state index in [4.69, 9.17) is 21.1 Å². The van der Waals surface area contributed by atoms with Crippen LogP contribution < -0.4 is 9.47 Å². The topological polar surface area (TPSA) is 55.8 Å². The molecule has 0 amide bonds. The van der Waals surface area contributed by atoms with Crippen LogP contribution in [0.15, 0.2) is 47.4 Å². The molecule has 5 nitrogen and oxygen atoms in total. The minimum absolute atomic E-state index is 0.0730. The van der Waals surface area contributed by atoms with Crippen LogP contribution in [0.1, 0.15) is 5.56 Å². The Morgan fingerprint density at radius 2 is 1.85 bits per heavy atom. The van der Waals surface area contributed by atoms with Crippen molar-refractivity contribution in [2.45, 2.75) is 17.2 Å². The summed E-state index contributed by atoms with van der Waals surface area (Å²) >= 11 is 5.61. The van der Waals surface area contributed by atoms with E-state index in [0.717, 1.165) is 16.4 Å². The molecule has 2 aromatic carbocycles. The SMILES string of the molecule is CN(C[C@H]1COc2ccccc2O1)S(=O)(=O)c1ccc(Cl)cc1C(F)(F)F. The third-order valence-electron chi connectivity index (χ3n) is 3.96. The summed E-state index contributed by atoms with van der Waals surface area (Å²) in [6.45, 7) is -0.111. The van der Waals surface area contributed by atoms with Crippen molar-refractivity contribution >= 4 is 21.6 Å². The number of ether oxygens (including phenoxy) is 2. The summed E-state index contributed by atoms with van der Waals surface area (Å²) < 4.78 is 77.2. The summed E-state index contributed by atoms with van der Waals surface area (Å²) in [5, 5.41) is -0.204. The predicted molar refractivity (Wildman–Crippen MR) is 92.6 cm³/mol. The van der Waals surface area contributed by atoms with Gasteiger partial charge in [0.05, 0.1) is 17.0 Å². The van der Waals surface area contributed by atoms with Gasteiger partial charge >= 0.3 is 6.18 Å². The molecule has 27 heavy (non-hydrogen) atoms. The second-order valence-corrected chi connectivity index (χ2v) is 8.37. The molecule has 1 aliphatic heterocycles. The Hall–Kier alpha value is -1.97. The van der Waals surface area contributed by atoms with Crippen molar-refractivity contribution in [2.24, 2.45) is 0 Å². The number of sulfonamides is 1. The standard InChI is InChI=1S/C17H15ClF3NO4S/c1-22(9-12-10-25-14-4-2-3-5-15(14)26-12)27(23,24)16-7-6-11(18)8-13(16)17(19,20)21/h2-8,12H,9-10H2,1H3/t12-/m0/s1. The lowest BCUT2D eigenvalue weighted by atomic mass is 10.2. The molecule has 0 N–H and O–H groups in total. The number of para-hydroxylation sites is 2. The molecule has 0 bridgehead atoms. The number of hydrogen-bond acceptors (Lipinski definition) is 4. The molecule has 0 spiro atoms. The first-order valence-electron chi connectivity index (χ1n) is 7.80. The highest BCUT2D eigenvalue weighted by molar-refractivity contribution is 7.89. The summed E-state index contributed by atoms with van der Waals surface area (Å²) in [6, 6.07) is 9.41. The van der Waals surface area contributed by atoms with Crippen LogP contribution in [0.4, 0.5) is 13.2 Å². The lowest BCUT2D eigenvalue weighted by Crippen LogP contribution is -2.42. The first kappa shape index (κ1) is 19.8. The van der Waals surface area contributed by atoms with Crippen LogP contribution >= 0.6 is 11.6 Å². The zero-order valence-corrected chi connectivity index (χ0v) is 15.6. The summed E-state index contributed by atoms with van der Waals surface area (Å²) in [4.78, 5) is -0.862. The highest BCUT2D eigenvalue weighted by Crippen LogP contribution is 2.37. The number of nitrogens with zero attached hydrogens (tertiary/aromatic N) is 1.